The summed E-state index contributed by atoms with van der Waals surface area (Å²) >= 11 is 0. The average Bonchev–Trinajstić information content (AvgIpc) is 2.68. The molecule has 1 heterocycles. The number of hydrogen-bond donors (Lipinski definition) is 2. The van der Waals surface area contributed by atoms with Crippen LogP contribution >= 0.6 is 0 Å². The first-order chi connectivity index (χ1) is 7.66. The van der Waals surface area contributed by atoms with Gasteiger partial charge in [0.2, 0.25) is 0 Å². The second kappa shape index (κ2) is 4.32. The molecule has 5 N–H and O–H groups in total. The number of imidazole rings is 1. The lowest BCUT2D eigenvalue weighted by atomic mass is 10.2. The highest BCUT2D eigenvalue weighted by Crippen LogP contribution is 2.07. The Morgan fingerprint density at radius 2 is 2.25 bits per heavy atom. The third-order valence-electron chi connectivity index (χ3n) is 2.57. The SMILES string of the molecule is [NH3+]C(CCc1[nH]c2ccccc2[nH+]1)C(=O)[O-]. The van der Waals surface area contributed by atoms with Crippen molar-refractivity contribution in [2.75, 3.05) is 0 Å². The van der Waals surface area contributed by atoms with Gasteiger partial charge in [-0.2, -0.15) is 0 Å². The molecule has 16 heavy (non-hydrogen) atoms. The highest BCUT2D eigenvalue weighted by molar-refractivity contribution is 5.70. The number of hydrogen-bond acceptors (Lipinski definition) is 2. The summed E-state index contributed by atoms with van der Waals surface area (Å²) in [5.74, 6) is -0.188. The standard InChI is InChI=1S/C11H13N3O2/c12-7(11(15)16)5-6-10-13-8-3-1-2-4-9(8)14-10/h1-4,7H,5-6,12H2,(H,13,14)(H,15,16)/p+1. The van der Waals surface area contributed by atoms with E-state index in [2.05, 4.69) is 15.7 Å². The number of H-pyrrole nitrogens is 2. The minimum absolute atomic E-state index is 0.464. The molecule has 1 unspecified atom stereocenters. The number of carbonyl (C=O) groups is 1. The minimum Gasteiger partial charge on any atom is -0.544 e. The van der Waals surface area contributed by atoms with Crippen LogP contribution in [0.3, 0.4) is 0 Å². The predicted molar refractivity (Wildman–Crippen MR) is 54.9 cm³/mol. The van der Waals surface area contributed by atoms with Crippen LogP contribution in [-0.4, -0.2) is 17.0 Å². The molecule has 0 aliphatic heterocycles. The zero-order chi connectivity index (χ0) is 11.5. The van der Waals surface area contributed by atoms with Crippen LogP contribution in [0.15, 0.2) is 24.3 Å². The van der Waals surface area contributed by atoms with Crippen LogP contribution < -0.4 is 15.8 Å². The zero-order valence-corrected chi connectivity index (χ0v) is 8.82. The summed E-state index contributed by atoms with van der Waals surface area (Å²) in [6, 6.07) is 7.16. The van der Waals surface area contributed by atoms with Crippen molar-refractivity contribution in [3.05, 3.63) is 30.1 Å². The Labute approximate surface area is 92.3 Å². The zero-order valence-electron chi connectivity index (χ0n) is 8.82. The van der Waals surface area contributed by atoms with Crippen molar-refractivity contribution in [3.63, 3.8) is 0 Å². The van der Waals surface area contributed by atoms with Gasteiger partial charge in [0.25, 0.3) is 5.82 Å². The summed E-state index contributed by atoms with van der Waals surface area (Å²) in [6.07, 6.45) is 1.09. The number of aryl methyl sites for hydroxylation is 1. The first-order valence-corrected chi connectivity index (χ1v) is 5.19. The molecule has 0 fully saturated rings. The van der Waals surface area contributed by atoms with E-state index in [1.54, 1.807) is 0 Å². The fourth-order valence-electron chi connectivity index (χ4n) is 1.62. The van der Waals surface area contributed by atoms with Crippen molar-refractivity contribution in [2.24, 2.45) is 0 Å². The Morgan fingerprint density at radius 1 is 1.50 bits per heavy atom. The van der Waals surface area contributed by atoms with Gasteiger partial charge in [0.05, 0.1) is 12.4 Å². The van der Waals surface area contributed by atoms with Gasteiger partial charge in [-0.15, -0.1) is 0 Å². The number of benzene rings is 1. The van der Waals surface area contributed by atoms with E-state index < -0.39 is 12.0 Å². The maximum atomic E-state index is 10.5. The highest BCUT2D eigenvalue weighted by Gasteiger charge is 2.13. The third kappa shape index (κ3) is 2.20. The Morgan fingerprint density at radius 3 is 2.94 bits per heavy atom. The molecular formula is C11H14N3O2+. The number of quaternary nitrogens is 1. The maximum Gasteiger partial charge on any atom is 0.253 e. The van der Waals surface area contributed by atoms with E-state index in [0.29, 0.717) is 12.8 Å². The Hall–Kier alpha value is -1.88. The van der Waals surface area contributed by atoms with Crippen molar-refractivity contribution < 1.29 is 20.6 Å². The normalized spacial score (nSPS) is 12.8. The number of carbonyl (C=O) groups excluding carboxylic acids is 1. The van der Waals surface area contributed by atoms with Gasteiger partial charge in [0, 0.05) is 6.42 Å². The van der Waals surface area contributed by atoms with Crippen molar-refractivity contribution >= 4 is 17.0 Å². The van der Waals surface area contributed by atoms with E-state index in [4.69, 9.17) is 0 Å². The van der Waals surface area contributed by atoms with E-state index in [-0.39, 0.29) is 0 Å². The summed E-state index contributed by atoms with van der Waals surface area (Å²) in [7, 11) is 0. The lowest BCUT2D eigenvalue weighted by Crippen LogP contribution is -2.68. The molecule has 0 spiro atoms. The third-order valence-corrected chi connectivity index (χ3v) is 2.57. The van der Waals surface area contributed by atoms with Gasteiger partial charge < -0.3 is 15.6 Å². The van der Waals surface area contributed by atoms with Gasteiger partial charge in [-0.05, 0) is 12.1 Å². The first kappa shape index (κ1) is 10.6. The number of rotatable bonds is 4. The van der Waals surface area contributed by atoms with Crippen molar-refractivity contribution in [1.82, 2.24) is 4.98 Å². The van der Waals surface area contributed by atoms with Crippen LogP contribution in [-0.2, 0) is 11.2 Å². The van der Waals surface area contributed by atoms with Crippen molar-refractivity contribution in [1.29, 1.82) is 0 Å². The summed E-state index contributed by atoms with van der Waals surface area (Å²) < 4.78 is 0. The lowest BCUT2D eigenvalue weighted by Gasteiger charge is -2.05. The molecule has 1 aromatic heterocycles. The predicted octanol–water partition coefficient (Wildman–Crippen LogP) is -1.72. The molecule has 5 heteroatoms. The van der Waals surface area contributed by atoms with Crippen LogP contribution in [0.5, 0.6) is 0 Å². The van der Waals surface area contributed by atoms with Crippen LogP contribution in [0.2, 0.25) is 0 Å². The van der Waals surface area contributed by atoms with E-state index in [0.717, 1.165) is 16.9 Å². The van der Waals surface area contributed by atoms with Crippen molar-refractivity contribution in [3.8, 4) is 0 Å². The number of carboxylic acid groups (broad SMARTS) is 1. The van der Waals surface area contributed by atoms with Gasteiger partial charge in [-0.3, -0.25) is 0 Å². The summed E-state index contributed by atoms with van der Waals surface area (Å²) in [4.78, 5) is 16.9. The number of aromatic amines is 2. The van der Waals surface area contributed by atoms with Gasteiger partial charge in [0.1, 0.15) is 6.04 Å². The van der Waals surface area contributed by atoms with E-state index in [9.17, 15) is 9.90 Å². The van der Waals surface area contributed by atoms with Gasteiger partial charge >= 0.3 is 0 Å². The molecule has 2 aromatic rings. The van der Waals surface area contributed by atoms with Gasteiger partial charge in [-0.1, -0.05) is 12.1 Å². The molecule has 0 aliphatic carbocycles. The summed E-state index contributed by atoms with van der Waals surface area (Å²) in [5, 5.41) is 10.5. The molecule has 2 rings (SSSR count). The molecule has 0 saturated carbocycles. The Balaban J connectivity index is 2.07. The number of para-hydroxylation sites is 2. The smallest absolute Gasteiger partial charge is 0.253 e. The largest absolute Gasteiger partial charge is 0.544 e. The summed E-state index contributed by atoms with van der Waals surface area (Å²) in [5.41, 5.74) is 5.56. The topological polar surface area (TPSA) is 97.7 Å². The fraction of sp³-hybridized carbons (Fsp3) is 0.273. The number of carboxylic acids is 1. The number of aromatic nitrogens is 2. The molecule has 5 nitrogen and oxygen atoms in total. The number of nitrogens with one attached hydrogen (secondary N) is 2. The molecule has 0 amide bonds. The molecule has 1 aromatic carbocycles. The molecule has 0 aliphatic rings. The van der Waals surface area contributed by atoms with E-state index in [1.165, 1.54) is 0 Å². The second-order valence-corrected chi connectivity index (χ2v) is 3.83. The molecular weight excluding hydrogens is 206 g/mol. The van der Waals surface area contributed by atoms with Gasteiger partial charge in [-0.25, -0.2) is 9.97 Å². The highest BCUT2D eigenvalue weighted by atomic mass is 16.4. The van der Waals surface area contributed by atoms with E-state index in [1.807, 2.05) is 24.3 Å². The molecule has 1 atom stereocenters. The fourth-order valence-corrected chi connectivity index (χ4v) is 1.62. The van der Waals surface area contributed by atoms with Crippen molar-refractivity contribution in [2.45, 2.75) is 18.9 Å². The van der Waals surface area contributed by atoms with E-state index >= 15 is 0 Å². The second-order valence-electron chi connectivity index (χ2n) is 3.83. The minimum atomic E-state index is -1.10. The molecule has 0 saturated heterocycles. The molecule has 0 radical (unpaired) electrons. The Bertz CT molecular complexity index is 474. The van der Waals surface area contributed by atoms with Gasteiger partial charge in [0.15, 0.2) is 11.0 Å². The molecule has 84 valence electrons. The van der Waals surface area contributed by atoms with Crippen LogP contribution in [0.4, 0.5) is 0 Å². The lowest BCUT2D eigenvalue weighted by molar-refractivity contribution is -0.439. The number of fused-ring (bicyclic) bond motifs is 1. The van der Waals surface area contributed by atoms with Crippen LogP contribution in [0, 0.1) is 0 Å². The molecule has 0 bridgehead atoms. The van der Waals surface area contributed by atoms with Crippen LogP contribution in [0.25, 0.3) is 11.0 Å². The summed E-state index contributed by atoms with van der Waals surface area (Å²) in [6.45, 7) is 0. The Kier molecular flexibility index (Phi) is 2.87. The average molecular weight is 220 g/mol. The first-order valence-electron chi connectivity index (χ1n) is 5.19. The quantitative estimate of drug-likeness (QED) is 0.640. The van der Waals surface area contributed by atoms with Crippen LogP contribution in [0.1, 0.15) is 12.2 Å². The number of aliphatic carboxylic acids is 1. The monoisotopic (exact) mass is 220 g/mol. The maximum absolute atomic E-state index is 10.5.